The number of aryl methyl sites for hydroxylation is 1. The highest BCUT2D eigenvalue weighted by Gasteiger charge is 2.28. The van der Waals surface area contributed by atoms with Crippen LogP contribution < -0.4 is 20.7 Å². The van der Waals surface area contributed by atoms with Crippen LogP contribution in [0.5, 0.6) is 5.75 Å². The van der Waals surface area contributed by atoms with Crippen LogP contribution in [0.2, 0.25) is 5.02 Å². The van der Waals surface area contributed by atoms with Gasteiger partial charge in [0, 0.05) is 18.3 Å². The quantitative estimate of drug-likeness (QED) is 0.162. The molecule has 2 aliphatic rings. The standard InChI is InChI=1S/C34H43ClN6O4S3/c1-20(2)45-29-17-25(23-12-14-41(15-13-23)31(42)19-37-34(46)47-24-10-11-24)22(5)16-28(29)39-33-36-18-26(35)32(40-33)38-27-8-6-7-9-30(27)48(43,44)21(3)4/h6-9,16-18,20-21,23-24H,10-15,19H2,1-5H3,(H,37,46)(H2,36,38,39,40). The molecule has 2 fully saturated rings. The van der Waals surface area contributed by atoms with Crippen LogP contribution >= 0.6 is 35.6 Å². The van der Waals surface area contributed by atoms with Crippen LogP contribution in [-0.2, 0) is 14.6 Å². The van der Waals surface area contributed by atoms with Crippen molar-refractivity contribution in [1.82, 2.24) is 20.2 Å². The number of likely N-dealkylation sites (tertiary alicyclic amines) is 1. The molecular weight excluding hydrogens is 688 g/mol. The summed E-state index contributed by atoms with van der Waals surface area (Å²) in [6.07, 6.45) is 5.49. The number of sulfone groups is 1. The number of piperidine rings is 1. The molecule has 3 aromatic rings. The summed E-state index contributed by atoms with van der Waals surface area (Å²) in [7, 11) is -3.56. The van der Waals surface area contributed by atoms with E-state index in [0.29, 0.717) is 39.8 Å². The van der Waals surface area contributed by atoms with Gasteiger partial charge in [0.25, 0.3) is 0 Å². The summed E-state index contributed by atoms with van der Waals surface area (Å²) in [5, 5.41) is 9.77. The highest BCUT2D eigenvalue weighted by molar-refractivity contribution is 8.23. The molecule has 0 bridgehead atoms. The highest BCUT2D eigenvalue weighted by atomic mass is 35.5. The molecule has 2 heterocycles. The first-order valence-corrected chi connectivity index (χ1v) is 19.5. The Morgan fingerprint density at radius 3 is 2.46 bits per heavy atom. The first-order chi connectivity index (χ1) is 22.8. The Morgan fingerprint density at radius 1 is 1.08 bits per heavy atom. The number of nitrogens with one attached hydrogen (secondary N) is 3. The third-order valence-electron chi connectivity index (χ3n) is 8.26. The molecule has 0 atom stereocenters. The number of thiocarbonyl (C=S) groups is 1. The number of anilines is 4. The van der Waals surface area contributed by atoms with Gasteiger partial charge in [-0.15, -0.1) is 0 Å². The zero-order chi connectivity index (χ0) is 34.6. The Balaban J connectivity index is 1.30. The number of nitrogens with zero attached hydrogens (tertiary/aromatic N) is 3. The van der Waals surface area contributed by atoms with Gasteiger partial charge in [0.2, 0.25) is 11.9 Å². The number of thioether (sulfide) groups is 1. The SMILES string of the molecule is Cc1cc(Nc2ncc(Cl)c(Nc3ccccc3S(=O)(=O)C(C)C)n2)c(OC(C)C)cc1C1CCN(C(=O)CNC(=S)SC2CC2)CC1. The van der Waals surface area contributed by atoms with Crippen LogP contribution in [0.1, 0.15) is 70.4 Å². The van der Waals surface area contributed by atoms with E-state index >= 15 is 0 Å². The molecule has 3 N–H and O–H groups in total. The molecule has 1 saturated heterocycles. The number of benzene rings is 2. The normalized spacial score (nSPS) is 15.5. The molecule has 1 aliphatic carbocycles. The van der Waals surface area contributed by atoms with Gasteiger partial charge in [-0.2, -0.15) is 4.98 Å². The third-order valence-corrected chi connectivity index (χ3v) is 12.3. The lowest BCUT2D eigenvalue weighted by atomic mass is 9.86. The number of hydrogen-bond donors (Lipinski definition) is 3. The monoisotopic (exact) mass is 730 g/mol. The van der Waals surface area contributed by atoms with E-state index in [-0.39, 0.29) is 46.2 Å². The van der Waals surface area contributed by atoms with Crippen molar-refractivity contribution >= 4 is 78.8 Å². The van der Waals surface area contributed by atoms with Crippen LogP contribution in [0, 0.1) is 6.92 Å². The van der Waals surface area contributed by atoms with Crippen molar-refractivity contribution in [3.05, 3.63) is 58.7 Å². The van der Waals surface area contributed by atoms with E-state index in [1.165, 1.54) is 24.6 Å². The second-order valence-electron chi connectivity index (χ2n) is 12.7. The van der Waals surface area contributed by atoms with Gasteiger partial charge in [-0.1, -0.05) is 47.7 Å². The summed E-state index contributed by atoms with van der Waals surface area (Å²) in [5.74, 6) is 1.55. The molecule has 1 aliphatic heterocycles. The third kappa shape index (κ3) is 9.10. The largest absolute Gasteiger partial charge is 0.489 e. The van der Waals surface area contributed by atoms with E-state index in [2.05, 4.69) is 38.9 Å². The van der Waals surface area contributed by atoms with Gasteiger partial charge in [0.1, 0.15) is 15.1 Å². The maximum Gasteiger partial charge on any atom is 0.241 e. The molecule has 258 valence electrons. The van der Waals surface area contributed by atoms with Crippen molar-refractivity contribution in [3.8, 4) is 5.75 Å². The molecule has 10 nitrogen and oxygen atoms in total. The average Bonchev–Trinajstić information content (AvgIpc) is 3.86. The molecule has 2 aromatic carbocycles. The van der Waals surface area contributed by atoms with Crippen molar-refractivity contribution < 1.29 is 17.9 Å². The van der Waals surface area contributed by atoms with Gasteiger partial charge in [-0.3, -0.25) is 4.79 Å². The maximum atomic E-state index is 13.0. The van der Waals surface area contributed by atoms with Gasteiger partial charge in [-0.25, -0.2) is 13.4 Å². The van der Waals surface area contributed by atoms with Crippen molar-refractivity contribution in [2.24, 2.45) is 0 Å². The molecular formula is C34H43ClN6O4S3. The number of halogens is 1. The van der Waals surface area contributed by atoms with Crippen LogP contribution in [-0.4, -0.2) is 69.8 Å². The van der Waals surface area contributed by atoms with Crippen LogP contribution in [0.15, 0.2) is 47.5 Å². The summed E-state index contributed by atoms with van der Waals surface area (Å²) in [4.78, 5) is 23.9. The minimum Gasteiger partial charge on any atom is -0.489 e. The van der Waals surface area contributed by atoms with Gasteiger partial charge >= 0.3 is 0 Å². The predicted molar refractivity (Wildman–Crippen MR) is 199 cm³/mol. The number of hydrogen-bond acceptors (Lipinski definition) is 10. The number of carbonyl (C=O) groups is 1. The second kappa shape index (κ2) is 15.6. The van der Waals surface area contributed by atoms with E-state index in [4.69, 9.17) is 28.6 Å². The summed E-state index contributed by atoms with van der Waals surface area (Å²) < 4.78 is 33.0. The first kappa shape index (κ1) is 36.2. The fourth-order valence-electron chi connectivity index (χ4n) is 5.51. The smallest absolute Gasteiger partial charge is 0.241 e. The summed E-state index contributed by atoms with van der Waals surface area (Å²) in [6, 6.07) is 10.8. The molecule has 0 spiro atoms. The summed E-state index contributed by atoms with van der Waals surface area (Å²) >= 11 is 13.5. The van der Waals surface area contributed by atoms with Gasteiger partial charge < -0.3 is 25.6 Å². The van der Waals surface area contributed by atoms with Gasteiger partial charge in [0.05, 0.1) is 40.4 Å². The Kier molecular flexibility index (Phi) is 11.8. The van der Waals surface area contributed by atoms with Crippen molar-refractivity contribution in [3.63, 3.8) is 0 Å². The number of para-hydroxylation sites is 1. The maximum absolute atomic E-state index is 13.0. The minimum absolute atomic E-state index is 0.0779. The van der Waals surface area contributed by atoms with E-state index in [9.17, 15) is 13.2 Å². The zero-order valence-corrected chi connectivity index (χ0v) is 31.1. The molecule has 1 amide bonds. The van der Waals surface area contributed by atoms with Crippen LogP contribution in [0.3, 0.4) is 0 Å². The highest BCUT2D eigenvalue weighted by Crippen LogP contribution is 2.39. The topological polar surface area (TPSA) is 126 Å². The number of carbonyl (C=O) groups excluding carboxylic acids is 1. The van der Waals surface area contributed by atoms with Crippen molar-refractivity contribution in [2.75, 3.05) is 30.3 Å². The van der Waals surface area contributed by atoms with E-state index < -0.39 is 15.1 Å². The molecule has 5 rings (SSSR count). The fraction of sp³-hybridized carbons (Fsp3) is 0.471. The number of amides is 1. The summed E-state index contributed by atoms with van der Waals surface area (Å²) in [6.45, 7) is 10.9. The summed E-state index contributed by atoms with van der Waals surface area (Å²) in [5.41, 5.74) is 3.34. The Bertz CT molecular complexity index is 1760. The molecule has 0 unspecified atom stereocenters. The van der Waals surface area contributed by atoms with E-state index in [1.807, 2.05) is 24.8 Å². The Labute approximate surface area is 298 Å². The number of ether oxygens (including phenoxy) is 1. The molecule has 1 saturated carbocycles. The predicted octanol–water partition coefficient (Wildman–Crippen LogP) is 7.37. The van der Waals surface area contributed by atoms with Gasteiger partial charge in [0.15, 0.2) is 15.7 Å². The second-order valence-corrected chi connectivity index (χ2v) is 17.6. The van der Waals surface area contributed by atoms with Crippen molar-refractivity contribution in [1.29, 1.82) is 0 Å². The molecule has 0 radical (unpaired) electrons. The Morgan fingerprint density at radius 2 is 1.79 bits per heavy atom. The lowest BCUT2D eigenvalue weighted by molar-refractivity contribution is -0.131. The number of aromatic nitrogens is 2. The van der Waals surface area contributed by atoms with E-state index in [0.717, 1.165) is 18.4 Å². The average molecular weight is 731 g/mol. The first-order valence-electron chi connectivity index (χ1n) is 16.2. The molecule has 48 heavy (non-hydrogen) atoms. The molecule has 14 heteroatoms. The minimum atomic E-state index is -3.56. The zero-order valence-electron chi connectivity index (χ0n) is 27.9. The molecule has 1 aromatic heterocycles. The van der Waals surface area contributed by atoms with Gasteiger partial charge in [-0.05, 0) is 102 Å². The fourth-order valence-corrected chi connectivity index (χ4v) is 8.16. The lowest BCUT2D eigenvalue weighted by Gasteiger charge is -2.33. The van der Waals surface area contributed by atoms with Crippen LogP contribution in [0.25, 0.3) is 0 Å². The Hall–Kier alpha value is -3.13. The van der Waals surface area contributed by atoms with Crippen molar-refractivity contribution in [2.45, 2.75) is 87.7 Å². The lowest BCUT2D eigenvalue weighted by Crippen LogP contribution is -2.43. The van der Waals surface area contributed by atoms with Crippen LogP contribution in [0.4, 0.5) is 23.1 Å². The number of rotatable bonds is 12. The van der Waals surface area contributed by atoms with E-state index in [1.54, 1.807) is 49.9 Å².